The van der Waals surface area contributed by atoms with Gasteiger partial charge >= 0.3 is 0 Å². The van der Waals surface area contributed by atoms with Crippen LogP contribution < -0.4 is 11.3 Å². The molecule has 0 saturated carbocycles. The Morgan fingerprint density at radius 1 is 1.31 bits per heavy atom. The van der Waals surface area contributed by atoms with Gasteiger partial charge in [0.1, 0.15) is 0 Å². The number of aromatic nitrogens is 2. The Kier molecular flexibility index (Phi) is 4.26. The third kappa shape index (κ3) is 2.93. The Bertz CT molecular complexity index is 385. The second-order valence-corrected chi connectivity index (χ2v) is 4.88. The van der Waals surface area contributed by atoms with E-state index in [0.717, 1.165) is 17.0 Å². The van der Waals surface area contributed by atoms with Gasteiger partial charge in [-0.25, -0.2) is 15.8 Å². The molecule has 0 radical (unpaired) electrons. The van der Waals surface area contributed by atoms with Crippen LogP contribution in [0.3, 0.4) is 0 Å². The normalized spacial score (nSPS) is 12.3. The van der Waals surface area contributed by atoms with Crippen molar-refractivity contribution >= 4 is 17.7 Å². The molecule has 1 heterocycles. The lowest BCUT2D eigenvalue weighted by molar-refractivity contribution is -0.120. The van der Waals surface area contributed by atoms with Crippen molar-refractivity contribution in [3.8, 4) is 0 Å². The van der Waals surface area contributed by atoms with Crippen molar-refractivity contribution in [3.05, 3.63) is 17.0 Å². The molecule has 1 atom stereocenters. The summed E-state index contributed by atoms with van der Waals surface area (Å²) in [4.78, 5) is 19.9. The summed E-state index contributed by atoms with van der Waals surface area (Å²) < 4.78 is 0. The highest BCUT2D eigenvalue weighted by Gasteiger charge is 2.15. The topological polar surface area (TPSA) is 80.9 Å². The number of carbonyl (C=O) groups is 1. The van der Waals surface area contributed by atoms with Crippen molar-refractivity contribution in [2.24, 2.45) is 5.84 Å². The number of thioether (sulfide) groups is 1. The molecule has 3 N–H and O–H groups in total. The van der Waals surface area contributed by atoms with Gasteiger partial charge in [-0.1, -0.05) is 11.8 Å². The third-order valence-electron chi connectivity index (χ3n) is 2.41. The zero-order valence-electron chi connectivity index (χ0n) is 9.87. The minimum Gasteiger partial charge on any atom is -0.293 e. The van der Waals surface area contributed by atoms with E-state index in [9.17, 15) is 4.79 Å². The molecule has 0 aliphatic carbocycles. The standard InChI is InChI=1S/C10H16N4OS/c1-5-6(2)12-10(13-7(5)3)16-8(4)9(15)14-11/h8H,11H2,1-4H3,(H,14,15). The van der Waals surface area contributed by atoms with Gasteiger partial charge in [0.25, 0.3) is 0 Å². The highest BCUT2D eigenvalue weighted by molar-refractivity contribution is 8.00. The van der Waals surface area contributed by atoms with Gasteiger partial charge in [-0.15, -0.1) is 0 Å². The van der Waals surface area contributed by atoms with Gasteiger partial charge in [0.05, 0.1) is 5.25 Å². The number of nitrogens with two attached hydrogens (primary N) is 1. The van der Waals surface area contributed by atoms with E-state index in [2.05, 4.69) is 15.4 Å². The Labute approximate surface area is 99.2 Å². The molecule has 88 valence electrons. The van der Waals surface area contributed by atoms with E-state index in [1.165, 1.54) is 11.8 Å². The lowest BCUT2D eigenvalue weighted by Crippen LogP contribution is -2.36. The fourth-order valence-electron chi connectivity index (χ4n) is 1.12. The first-order valence-corrected chi connectivity index (χ1v) is 5.82. The third-order valence-corrected chi connectivity index (χ3v) is 3.37. The Morgan fingerprint density at radius 2 is 1.81 bits per heavy atom. The molecule has 6 heteroatoms. The molecule has 5 nitrogen and oxygen atoms in total. The summed E-state index contributed by atoms with van der Waals surface area (Å²) in [5.74, 6) is 4.82. The molecule has 16 heavy (non-hydrogen) atoms. The van der Waals surface area contributed by atoms with Gasteiger partial charge in [-0.05, 0) is 33.3 Å². The quantitative estimate of drug-likeness (QED) is 0.269. The maximum absolute atomic E-state index is 11.2. The molecule has 0 aliphatic rings. The number of aryl methyl sites for hydroxylation is 2. The molecular weight excluding hydrogens is 224 g/mol. The molecule has 0 saturated heterocycles. The second kappa shape index (κ2) is 5.27. The first-order chi connectivity index (χ1) is 7.45. The molecule has 0 fully saturated rings. The van der Waals surface area contributed by atoms with Gasteiger partial charge in [0.2, 0.25) is 5.91 Å². The van der Waals surface area contributed by atoms with Crippen molar-refractivity contribution < 1.29 is 4.79 Å². The van der Waals surface area contributed by atoms with Crippen LogP contribution in [0.1, 0.15) is 23.9 Å². The van der Waals surface area contributed by atoms with E-state index in [4.69, 9.17) is 5.84 Å². The smallest absolute Gasteiger partial charge is 0.247 e. The van der Waals surface area contributed by atoms with Gasteiger partial charge in [0.15, 0.2) is 5.16 Å². The van der Waals surface area contributed by atoms with E-state index in [1.54, 1.807) is 6.92 Å². The molecule has 1 rings (SSSR count). The minimum atomic E-state index is -0.300. The van der Waals surface area contributed by atoms with Crippen LogP contribution in [0.4, 0.5) is 0 Å². The average molecular weight is 240 g/mol. The monoisotopic (exact) mass is 240 g/mol. The predicted molar refractivity (Wildman–Crippen MR) is 63.9 cm³/mol. The minimum absolute atomic E-state index is 0.232. The van der Waals surface area contributed by atoms with Crippen molar-refractivity contribution in [1.29, 1.82) is 0 Å². The number of hydrazine groups is 1. The molecule has 0 aromatic carbocycles. The van der Waals surface area contributed by atoms with Gasteiger partial charge in [0, 0.05) is 11.4 Å². The first-order valence-electron chi connectivity index (χ1n) is 4.94. The molecule has 0 spiro atoms. The summed E-state index contributed by atoms with van der Waals surface area (Å²) in [6, 6.07) is 0. The SMILES string of the molecule is Cc1nc(SC(C)C(=O)NN)nc(C)c1C. The van der Waals surface area contributed by atoms with Crippen LogP contribution in [0.15, 0.2) is 5.16 Å². The number of carbonyl (C=O) groups excluding carboxylic acids is 1. The van der Waals surface area contributed by atoms with E-state index in [-0.39, 0.29) is 11.2 Å². The fraction of sp³-hybridized carbons (Fsp3) is 0.500. The van der Waals surface area contributed by atoms with Crippen LogP contribution in [0, 0.1) is 20.8 Å². The maximum atomic E-state index is 11.2. The number of nitrogens with one attached hydrogen (secondary N) is 1. The van der Waals surface area contributed by atoms with Crippen molar-refractivity contribution in [1.82, 2.24) is 15.4 Å². The summed E-state index contributed by atoms with van der Waals surface area (Å²) >= 11 is 1.30. The zero-order valence-corrected chi connectivity index (χ0v) is 10.7. The predicted octanol–water partition coefficient (Wildman–Crippen LogP) is 0.872. The molecule has 1 aromatic rings. The van der Waals surface area contributed by atoms with E-state index >= 15 is 0 Å². The molecule has 0 aliphatic heterocycles. The number of rotatable bonds is 3. The Balaban J connectivity index is 2.86. The lowest BCUT2D eigenvalue weighted by Gasteiger charge is -2.10. The van der Waals surface area contributed by atoms with Crippen LogP contribution in [0.25, 0.3) is 0 Å². The largest absolute Gasteiger partial charge is 0.293 e. The fourth-order valence-corrected chi connectivity index (χ4v) is 1.99. The van der Waals surface area contributed by atoms with Crippen LogP contribution in [-0.2, 0) is 4.79 Å². The lowest BCUT2D eigenvalue weighted by atomic mass is 10.2. The van der Waals surface area contributed by atoms with Gasteiger partial charge in [-0.3, -0.25) is 10.2 Å². The van der Waals surface area contributed by atoms with Crippen LogP contribution in [0.2, 0.25) is 0 Å². The second-order valence-electron chi connectivity index (χ2n) is 3.57. The zero-order chi connectivity index (χ0) is 12.3. The first kappa shape index (κ1) is 12.9. The van der Waals surface area contributed by atoms with Crippen LogP contribution in [-0.4, -0.2) is 21.1 Å². The van der Waals surface area contributed by atoms with E-state index in [0.29, 0.717) is 5.16 Å². The summed E-state index contributed by atoms with van der Waals surface area (Å²) in [6.45, 7) is 7.61. The Hall–Kier alpha value is -1.14. The van der Waals surface area contributed by atoms with Crippen LogP contribution >= 0.6 is 11.8 Å². The highest BCUT2D eigenvalue weighted by atomic mass is 32.2. The summed E-state index contributed by atoms with van der Waals surface area (Å²) in [5, 5.41) is 0.309. The van der Waals surface area contributed by atoms with Crippen molar-refractivity contribution in [2.45, 2.75) is 38.1 Å². The molecule has 1 unspecified atom stereocenters. The highest BCUT2D eigenvalue weighted by Crippen LogP contribution is 2.21. The number of amides is 1. The van der Waals surface area contributed by atoms with Crippen LogP contribution in [0.5, 0.6) is 0 Å². The van der Waals surface area contributed by atoms with E-state index in [1.807, 2.05) is 20.8 Å². The number of hydrogen-bond acceptors (Lipinski definition) is 5. The van der Waals surface area contributed by atoms with E-state index < -0.39 is 0 Å². The number of hydrogen-bond donors (Lipinski definition) is 2. The summed E-state index contributed by atoms with van der Waals surface area (Å²) in [7, 11) is 0. The number of nitrogens with zero attached hydrogens (tertiary/aromatic N) is 2. The maximum Gasteiger partial charge on any atom is 0.247 e. The molecule has 0 bridgehead atoms. The average Bonchev–Trinajstić information content (AvgIpc) is 2.24. The Morgan fingerprint density at radius 3 is 2.25 bits per heavy atom. The molecular formula is C10H16N4OS. The summed E-state index contributed by atoms with van der Waals surface area (Å²) in [6.07, 6.45) is 0. The van der Waals surface area contributed by atoms with Gasteiger partial charge < -0.3 is 0 Å². The van der Waals surface area contributed by atoms with Crippen molar-refractivity contribution in [3.63, 3.8) is 0 Å². The molecule has 1 aromatic heterocycles. The van der Waals surface area contributed by atoms with Gasteiger partial charge in [-0.2, -0.15) is 0 Å². The van der Waals surface area contributed by atoms with Crippen molar-refractivity contribution in [2.75, 3.05) is 0 Å². The summed E-state index contributed by atoms with van der Waals surface area (Å²) in [5.41, 5.74) is 5.07. The molecule has 1 amide bonds.